The Balaban J connectivity index is 2.40. The van der Waals surface area contributed by atoms with Crippen molar-refractivity contribution in [1.82, 2.24) is 0 Å². The molecular formula is C14H16BrNO2S. The van der Waals surface area contributed by atoms with Gasteiger partial charge in [-0.3, -0.25) is 0 Å². The SMILES string of the molecule is COc1ccc(C(N)c2cc(Br)c(C)s2)c(OC)c1. The van der Waals surface area contributed by atoms with Gasteiger partial charge in [0.1, 0.15) is 11.5 Å². The predicted molar refractivity (Wildman–Crippen MR) is 82.3 cm³/mol. The number of methoxy groups -OCH3 is 2. The summed E-state index contributed by atoms with van der Waals surface area (Å²) < 4.78 is 11.7. The lowest BCUT2D eigenvalue weighted by atomic mass is 10.0. The minimum absolute atomic E-state index is 0.198. The van der Waals surface area contributed by atoms with Crippen LogP contribution in [0.4, 0.5) is 0 Å². The molecule has 2 N–H and O–H groups in total. The maximum absolute atomic E-state index is 6.34. The van der Waals surface area contributed by atoms with Gasteiger partial charge in [0.05, 0.1) is 20.3 Å². The lowest BCUT2D eigenvalue weighted by Gasteiger charge is -2.15. The molecule has 0 saturated carbocycles. The van der Waals surface area contributed by atoms with E-state index in [2.05, 4.69) is 28.9 Å². The van der Waals surface area contributed by atoms with Crippen LogP contribution in [0, 0.1) is 6.92 Å². The van der Waals surface area contributed by atoms with Gasteiger partial charge in [-0.15, -0.1) is 11.3 Å². The monoisotopic (exact) mass is 341 g/mol. The van der Waals surface area contributed by atoms with E-state index >= 15 is 0 Å². The molecule has 0 spiro atoms. The highest BCUT2D eigenvalue weighted by molar-refractivity contribution is 9.10. The number of nitrogens with two attached hydrogens (primary N) is 1. The Bertz CT molecular complexity index is 563. The summed E-state index contributed by atoms with van der Waals surface area (Å²) in [5, 5.41) is 0. The average molecular weight is 342 g/mol. The fourth-order valence-corrected chi connectivity index (χ4v) is 3.45. The van der Waals surface area contributed by atoms with Gasteiger partial charge in [-0.25, -0.2) is 0 Å². The van der Waals surface area contributed by atoms with Gasteiger partial charge < -0.3 is 15.2 Å². The standard InChI is InChI=1S/C14H16BrNO2S/c1-8-11(15)7-13(19-8)14(16)10-5-4-9(17-2)6-12(10)18-3/h4-7,14H,16H2,1-3H3. The van der Waals surface area contributed by atoms with E-state index in [0.29, 0.717) is 0 Å². The molecule has 0 saturated heterocycles. The van der Waals surface area contributed by atoms with Crippen LogP contribution in [0.25, 0.3) is 0 Å². The Hall–Kier alpha value is -1.04. The van der Waals surface area contributed by atoms with Gasteiger partial charge >= 0.3 is 0 Å². The number of halogens is 1. The highest BCUT2D eigenvalue weighted by Gasteiger charge is 2.17. The molecule has 19 heavy (non-hydrogen) atoms. The Labute approximate surface area is 125 Å². The zero-order valence-electron chi connectivity index (χ0n) is 11.1. The Kier molecular flexibility index (Phi) is 4.50. The second kappa shape index (κ2) is 5.94. The molecule has 5 heteroatoms. The van der Waals surface area contributed by atoms with Crippen LogP contribution in [0.2, 0.25) is 0 Å². The number of hydrogen-bond donors (Lipinski definition) is 1. The van der Waals surface area contributed by atoms with Gasteiger partial charge in [0.15, 0.2) is 0 Å². The second-order valence-electron chi connectivity index (χ2n) is 4.14. The lowest BCUT2D eigenvalue weighted by molar-refractivity contribution is 0.390. The van der Waals surface area contributed by atoms with E-state index in [1.165, 1.54) is 4.88 Å². The van der Waals surface area contributed by atoms with Crippen molar-refractivity contribution in [3.05, 3.63) is 44.1 Å². The van der Waals surface area contributed by atoms with Gasteiger partial charge in [0.2, 0.25) is 0 Å². The van der Waals surface area contributed by atoms with Crippen LogP contribution in [0.15, 0.2) is 28.7 Å². The molecule has 0 amide bonds. The molecule has 2 aromatic rings. The van der Waals surface area contributed by atoms with E-state index in [9.17, 15) is 0 Å². The summed E-state index contributed by atoms with van der Waals surface area (Å²) in [7, 11) is 3.27. The van der Waals surface area contributed by atoms with E-state index in [1.54, 1.807) is 25.6 Å². The molecule has 1 atom stereocenters. The topological polar surface area (TPSA) is 44.5 Å². The van der Waals surface area contributed by atoms with Crippen LogP contribution in [0.3, 0.4) is 0 Å². The Morgan fingerprint density at radius 2 is 1.95 bits per heavy atom. The first-order chi connectivity index (χ1) is 9.06. The zero-order chi connectivity index (χ0) is 14.0. The first-order valence-electron chi connectivity index (χ1n) is 5.80. The van der Waals surface area contributed by atoms with Gasteiger partial charge in [0.25, 0.3) is 0 Å². The number of hydrogen-bond acceptors (Lipinski definition) is 4. The quantitative estimate of drug-likeness (QED) is 0.917. The Morgan fingerprint density at radius 1 is 1.21 bits per heavy atom. The van der Waals surface area contributed by atoms with E-state index in [0.717, 1.165) is 26.4 Å². The summed E-state index contributed by atoms with van der Waals surface area (Å²) in [6.07, 6.45) is 0. The molecular weight excluding hydrogens is 326 g/mol. The maximum atomic E-state index is 6.34. The summed E-state index contributed by atoms with van der Waals surface area (Å²) in [5.74, 6) is 1.50. The van der Waals surface area contributed by atoms with Gasteiger partial charge in [0, 0.05) is 25.9 Å². The summed E-state index contributed by atoms with van der Waals surface area (Å²) in [4.78, 5) is 2.32. The molecule has 0 aliphatic carbocycles. The molecule has 0 aliphatic heterocycles. The molecule has 2 rings (SSSR count). The minimum Gasteiger partial charge on any atom is -0.497 e. The van der Waals surface area contributed by atoms with Crippen LogP contribution < -0.4 is 15.2 Å². The normalized spacial score (nSPS) is 12.3. The molecule has 1 aromatic heterocycles. The van der Waals surface area contributed by atoms with Crippen molar-refractivity contribution in [3.63, 3.8) is 0 Å². The fraction of sp³-hybridized carbons (Fsp3) is 0.286. The zero-order valence-corrected chi connectivity index (χ0v) is 13.5. The fourth-order valence-electron chi connectivity index (χ4n) is 1.86. The molecule has 1 unspecified atom stereocenters. The highest BCUT2D eigenvalue weighted by Crippen LogP contribution is 2.36. The third-order valence-electron chi connectivity index (χ3n) is 2.96. The van der Waals surface area contributed by atoms with Crippen LogP contribution >= 0.6 is 27.3 Å². The average Bonchev–Trinajstić information content (AvgIpc) is 2.77. The van der Waals surface area contributed by atoms with Crippen molar-refractivity contribution in [2.24, 2.45) is 5.73 Å². The van der Waals surface area contributed by atoms with Crippen LogP contribution in [0.5, 0.6) is 11.5 Å². The number of thiophene rings is 1. The third-order valence-corrected chi connectivity index (χ3v) is 5.18. The third kappa shape index (κ3) is 2.94. The largest absolute Gasteiger partial charge is 0.497 e. The van der Waals surface area contributed by atoms with Crippen LogP contribution in [0.1, 0.15) is 21.4 Å². The molecule has 1 heterocycles. The number of rotatable bonds is 4. The van der Waals surface area contributed by atoms with Crippen molar-refractivity contribution < 1.29 is 9.47 Å². The van der Waals surface area contributed by atoms with E-state index in [4.69, 9.17) is 15.2 Å². The van der Waals surface area contributed by atoms with Crippen molar-refractivity contribution in [2.45, 2.75) is 13.0 Å². The summed E-state index contributed by atoms with van der Waals surface area (Å²) >= 11 is 5.21. The molecule has 102 valence electrons. The number of benzene rings is 1. The van der Waals surface area contributed by atoms with Crippen molar-refractivity contribution in [3.8, 4) is 11.5 Å². The van der Waals surface area contributed by atoms with Gasteiger partial charge in [-0.1, -0.05) is 0 Å². The van der Waals surface area contributed by atoms with E-state index in [-0.39, 0.29) is 6.04 Å². The summed E-state index contributed by atoms with van der Waals surface area (Å²) in [5.41, 5.74) is 7.29. The summed E-state index contributed by atoms with van der Waals surface area (Å²) in [6.45, 7) is 2.07. The van der Waals surface area contributed by atoms with Crippen molar-refractivity contribution in [1.29, 1.82) is 0 Å². The van der Waals surface area contributed by atoms with Crippen LogP contribution in [-0.2, 0) is 0 Å². The minimum atomic E-state index is -0.198. The number of ether oxygens (including phenoxy) is 2. The lowest BCUT2D eigenvalue weighted by Crippen LogP contribution is -2.11. The first-order valence-corrected chi connectivity index (χ1v) is 7.41. The molecule has 0 bridgehead atoms. The smallest absolute Gasteiger partial charge is 0.127 e. The first kappa shape index (κ1) is 14.4. The second-order valence-corrected chi connectivity index (χ2v) is 6.28. The molecule has 0 radical (unpaired) electrons. The molecule has 1 aromatic carbocycles. The van der Waals surface area contributed by atoms with E-state index < -0.39 is 0 Å². The summed E-state index contributed by atoms with van der Waals surface area (Å²) in [6, 6.07) is 7.56. The van der Waals surface area contributed by atoms with Crippen LogP contribution in [-0.4, -0.2) is 14.2 Å². The van der Waals surface area contributed by atoms with Crippen molar-refractivity contribution >= 4 is 27.3 Å². The van der Waals surface area contributed by atoms with E-state index in [1.807, 2.05) is 18.2 Å². The van der Waals surface area contributed by atoms with Gasteiger partial charge in [-0.05, 0) is 41.1 Å². The molecule has 0 aliphatic rings. The predicted octanol–water partition coefficient (Wildman–Crippen LogP) is 3.88. The Morgan fingerprint density at radius 3 is 2.47 bits per heavy atom. The van der Waals surface area contributed by atoms with Crippen molar-refractivity contribution in [2.75, 3.05) is 14.2 Å². The van der Waals surface area contributed by atoms with Gasteiger partial charge in [-0.2, -0.15) is 0 Å². The molecule has 3 nitrogen and oxygen atoms in total. The number of aryl methyl sites for hydroxylation is 1. The highest BCUT2D eigenvalue weighted by atomic mass is 79.9. The molecule has 0 fully saturated rings. The maximum Gasteiger partial charge on any atom is 0.127 e.